The van der Waals surface area contributed by atoms with Gasteiger partial charge in [-0.2, -0.15) is 0 Å². The fourth-order valence-electron chi connectivity index (χ4n) is 2.32. The Balaban J connectivity index is 2.41. The van der Waals surface area contributed by atoms with Crippen molar-refractivity contribution < 1.29 is 0 Å². The van der Waals surface area contributed by atoms with Gasteiger partial charge < -0.3 is 0 Å². The first kappa shape index (κ1) is 10.2. The molecule has 15 heavy (non-hydrogen) atoms. The van der Waals surface area contributed by atoms with Gasteiger partial charge in [0.2, 0.25) is 0 Å². The molecule has 0 saturated carbocycles. The normalized spacial score (nSPS) is 41.7. The van der Waals surface area contributed by atoms with Gasteiger partial charge in [0.25, 0.3) is 0 Å². The molecular formula is C15H18. The van der Waals surface area contributed by atoms with Crippen LogP contribution < -0.4 is 0 Å². The van der Waals surface area contributed by atoms with Gasteiger partial charge in [0, 0.05) is 5.41 Å². The second-order valence-electron chi connectivity index (χ2n) is 4.52. The summed E-state index contributed by atoms with van der Waals surface area (Å²) in [5.41, 5.74) is 1.55. The highest BCUT2D eigenvalue weighted by Gasteiger charge is 2.30. The lowest BCUT2D eigenvalue weighted by Gasteiger charge is -2.34. The molecule has 0 heteroatoms. The zero-order chi connectivity index (χ0) is 10.7. The van der Waals surface area contributed by atoms with Gasteiger partial charge in [0.15, 0.2) is 0 Å². The standard InChI is InChI=1S/C15H18/c1-13-8-4-3-6-10-15(12-13)11-7-5-9-14(15)2/h3-9,11-12,14H,10H2,1-2H3/b6-3+,8-4-,13-12+. The lowest BCUT2D eigenvalue weighted by atomic mass is 9.70. The Bertz CT molecular complexity index is 377. The van der Waals surface area contributed by atoms with Crippen LogP contribution >= 0.6 is 0 Å². The molecule has 0 radical (unpaired) electrons. The number of allylic oxidation sites excluding steroid dienone is 10. The first-order chi connectivity index (χ1) is 7.23. The zero-order valence-corrected chi connectivity index (χ0v) is 9.48. The summed E-state index contributed by atoms with van der Waals surface area (Å²) in [6.07, 6.45) is 21.2. The summed E-state index contributed by atoms with van der Waals surface area (Å²) >= 11 is 0. The van der Waals surface area contributed by atoms with E-state index >= 15 is 0 Å². The highest BCUT2D eigenvalue weighted by atomic mass is 14.3. The molecule has 0 aromatic carbocycles. The van der Waals surface area contributed by atoms with Gasteiger partial charge in [-0.3, -0.25) is 0 Å². The first-order valence-corrected chi connectivity index (χ1v) is 5.62. The van der Waals surface area contributed by atoms with E-state index in [1.165, 1.54) is 5.57 Å². The van der Waals surface area contributed by atoms with Gasteiger partial charge in [0.1, 0.15) is 0 Å². The fourth-order valence-corrected chi connectivity index (χ4v) is 2.32. The molecule has 2 unspecified atom stereocenters. The molecule has 0 aromatic heterocycles. The van der Waals surface area contributed by atoms with Gasteiger partial charge >= 0.3 is 0 Å². The van der Waals surface area contributed by atoms with Crippen LogP contribution in [0.15, 0.2) is 60.3 Å². The van der Waals surface area contributed by atoms with E-state index in [0.29, 0.717) is 5.92 Å². The Morgan fingerprint density at radius 1 is 1.20 bits per heavy atom. The van der Waals surface area contributed by atoms with Crippen LogP contribution in [0.3, 0.4) is 0 Å². The Morgan fingerprint density at radius 3 is 2.87 bits per heavy atom. The maximum absolute atomic E-state index is 2.40. The summed E-state index contributed by atoms with van der Waals surface area (Å²) in [5.74, 6) is 0.577. The minimum absolute atomic E-state index is 0.195. The molecular weight excluding hydrogens is 180 g/mol. The van der Waals surface area contributed by atoms with E-state index in [2.05, 4.69) is 68.5 Å². The van der Waals surface area contributed by atoms with E-state index in [-0.39, 0.29) is 5.41 Å². The van der Waals surface area contributed by atoms with Crippen LogP contribution in [0.5, 0.6) is 0 Å². The fraction of sp³-hybridized carbons (Fsp3) is 0.333. The smallest absolute Gasteiger partial charge is 0.0164 e. The predicted octanol–water partition coefficient (Wildman–Crippen LogP) is 4.20. The van der Waals surface area contributed by atoms with Crippen molar-refractivity contribution in [2.75, 3.05) is 0 Å². The summed E-state index contributed by atoms with van der Waals surface area (Å²) in [4.78, 5) is 0. The Hall–Kier alpha value is -1.30. The van der Waals surface area contributed by atoms with Crippen molar-refractivity contribution in [1.29, 1.82) is 0 Å². The summed E-state index contributed by atoms with van der Waals surface area (Å²) in [5, 5.41) is 0. The molecule has 0 aromatic rings. The third-order valence-corrected chi connectivity index (χ3v) is 3.34. The number of rotatable bonds is 0. The van der Waals surface area contributed by atoms with Crippen molar-refractivity contribution in [3.8, 4) is 0 Å². The van der Waals surface area contributed by atoms with Crippen molar-refractivity contribution in [1.82, 2.24) is 0 Å². The molecule has 2 aliphatic carbocycles. The first-order valence-electron chi connectivity index (χ1n) is 5.62. The van der Waals surface area contributed by atoms with Crippen molar-refractivity contribution >= 4 is 0 Å². The van der Waals surface area contributed by atoms with E-state index in [4.69, 9.17) is 0 Å². The van der Waals surface area contributed by atoms with E-state index < -0.39 is 0 Å². The summed E-state index contributed by atoms with van der Waals surface area (Å²) in [7, 11) is 0. The van der Waals surface area contributed by atoms with E-state index in [9.17, 15) is 0 Å². The number of hydrogen-bond acceptors (Lipinski definition) is 0. The molecule has 0 nitrogen and oxygen atoms in total. The van der Waals surface area contributed by atoms with E-state index in [0.717, 1.165) is 6.42 Å². The van der Waals surface area contributed by atoms with Crippen molar-refractivity contribution in [2.45, 2.75) is 20.3 Å². The average Bonchev–Trinajstić information content (AvgIpc) is 2.19. The Labute approximate surface area is 92.4 Å². The highest BCUT2D eigenvalue weighted by molar-refractivity contribution is 5.33. The molecule has 78 valence electrons. The summed E-state index contributed by atoms with van der Waals surface area (Å²) in [6, 6.07) is 0. The van der Waals surface area contributed by atoms with Crippen LogP contribution in [0.4, 0.5) is 0 Å². The highest BCUT2D eigenvalue weighted by Crippen LogP contribution is 2.40. The quantitative estimate of drug-likeness (QED) is 0.547. The van der Waals surface area contributed by atoms with Crippen LogP contribution in [0.25, 0.3) is 0 Å². The summed E-state index contributed by atoms with van der Waals surface area (Å²) in [6.45, 7) is 4.47. The van der Waals surface area contributed by atoms with E-state index in [1.54, 1.807) is 0 Å². The molecule has 2 aliphatic rings. The maximum atomic E-state index is 2.40. The van der Waals surface area contributed by atoms with Gasteiger partial charge in [0.05, 0.1) is 0 Å². The van der Waals surface area contributed by atoms with Gasteiger partial charge in [-0.05, 0) is 19.3 Å². The Kier molecular flexibility index (Phi) is 2.77. The summed E-state index contributed by atoms with van der Waals surface area (Å²) < 4.78 is 0. The van der Waals surface area contributed by atoms with Crippen LogP contribution in [0.2, 0.25) is 0 Å². The van der Waals surface area contributed by atoms with Crippen LogP contribution in [0, 0.1) is 11.3 Å². The molecule has 0 amide bonds. The predicted molar refractivity (Wildman–Crippen MR) is 66.5 cm³/mol. The third-order valence-electron chi connectivity index (χ3n) is 3.34. The number of hydrogen-bond donors (Lipinski definition) is 0. The molecule has 0 heterocycles. The molecule has 0 fully saturated rings. The Morgan fingerprint density at radius 2 is 2.07 bits per heavy atom. The molecule has 2 atom stereocenters. The van der Waals surface area contributed by atoms with Crippen molar-refractivity contribution in [3.05, 3.63) is 60.3 Å². The van der Waals surface area contributed by atoms with Crippen LogP contribution in [0.1, 0.15) is 20.3 Å². The van der Waals surface area contributed by atoms with Gasteiger partial charge in [-0.1, -0.05) is 67.2 Å². The van der Waals surface area contributed by atoms with Crippen LogP contribution in [-0.4, -0.2) is 0 Å². The van der Waals surface area contributed by atoms with Crippen LogP contribution in [-0.2, 0) is 0 Å². The van der Waals surface area contributed by atoms with Crippen molar-refractivity contribution in [3.63, 3.8) is 0 Å². The molecule has 1 spiro atoms. The minimum Gasteiger partial charge on any atom is -0.0833 e. The van der Waals surface area contributed by atoms with Crippen molar-refractivity contribution in [2.24, 2.45) is 11.3 Å². The van der Waals surface area contributed by atoms with Gasteiger partial charge in [-0.25, -0.2) is 0 Å². The zero-order valence-electron chi connectivity index (χ0n) is 9.48. The monoisotopic (exact) mass is 198 g/mol. The molecule has 0 saturated heterocycles. The lowest BCUT2D eigenvalue weighted by molar-refractivity contribution is 0.380. The van der Waals surface area contributed by atoms with Gasteiger partial charge in [-0.15, -0.1) is 0 Å². The SMILES string of the molecule is CC1=C\C2(C=CC=CC2C)C/C=C/C=C\1. The van der Waals surface area contributed by atoms with E-state index in [1.807, 2.05) is 0 Å². The minimum atomic E-state index is 0.195. The third kappa shape index (κ3) is 2.04. The molecule has 0 N–H and O–H groups in total. The molecule has 0 aliphatic heterocycles. The maximum Gasteiger partial charge on any atom is 0.0164 e. The lowest BCUT2D eigenvalue weighted by Crippen LogP contribution is -2.24. The second kappa shape index (κ2) is 4.06. The topological polar surface area (TPSA) is 0 Å². The molecule has 0 bridgehead atoms. The molecule has 2 rings (SSSR count). The second-order valence-corrected chi connectivity index (χ2v) is 4.52. The average molecular weight is 198 g/mol. The largest absolute Gasteiger partial charge is 0.0833 e.